The summed E-state index contributed by atoms with van der Waals surface area (Å²) in [5.41, 5.74) is -1.03. The fourth-order valence-electron chi connectivity index (χ4n) is 2.90. The maximum atomic E-state index is 12.1. The molecule has 7 heteroatoms. The van der Waals surface area contributed by atoms with Crippen LogP contribution in [0.15, 0.2) is 0 Å². The summed E-state index contributed by atoms with van der Waals surface area (Å²) in [4.78, 5) is 13.8. The predicted molar refractivity (Wildman–Crippen MR) is 76.4 cm³/mol. The molecule has 0 aromatic rings. The summed E-state index contributed by atoms with van der Waals surface area (Å²) in [7, 11) is -3.02. The summed E-state index contributed by atoms with van der Waals surface area (Å²) in [5.74, 6) is 0.363. The van der Waals surface area contributed by atoms with Gasteiger partial charge in [0.25, 0.3) is 0 Å². The van der Waals surface area contributed by atoms with Gasteiger partial charge in [0.05, 0.1) is 17.0 Å². The normalized spacial score (nSPS) is 30.2. The van der Waals surface area contributed by atoms with Crippen LogP contribution in [0.2, 0.25) is 0 Å². The van der Waals surface area contributed by atoms with Crippen LogP contribution in [0.1, 0.15) is 33.6 Å². The second kappa shape index (κ2) is 5.18. The van der Waals surface area contributed by atoms with Gasteiger partial charge < -0.3 is 15.0 Å². The average Bonchev–Trinajstić information content (AvgIpc) is 2.24. The van der Waals surface area contributed by atoms with Gasteiger partial charge in [0.15, 0.2) is 9.84 Å². The standard InChI is InChI=1S/C13H24N2O4S/c1-12(2,3)19-11(16)15-7-6-14-13(9-15)5-4-8-20(17,18)10-13/h14H,4-10H2,1-3H3. The summed E-state index contributed by atoms with van der Waals surface area (Å²) < 4.78 is 29.1. The zero-order valence-electron chi connectivity index (χ0n) is 12.4. The van der Waals surface area contributed by atoms with Crippen LogP contribution < -0.4 is 5.32 Å². The van der Waals surface area contributed by atoms with E-state index in [0.29, 0.717) is 26.1 Å². The fraction of sp³-hybridized carbons (Fsp3) is 0.923. The Morgan fingerprint density at radius 2 is 2.05 bits per heavy atom. The first kappa shape index (κ1) is 15.6. The van der Waals surface area contributed by atoms with E-state index in [0.717, 1.165) is 6.42 Å². The van der Waals surface area contributed by atoms with E-state index in [4.69, 9.17) is 4.74 Å². The molecule has 0 bridgehead atoms. The van der Waals surface area contributed by atoms with Crippen LogP contribution in [0.25, 0.3) is 0 Å². The van der Waals surface area contributed by atoms with Gasteiger partial charge in [-0.1, -0.05) is 0 Å². The number of nitrogens with zero attached hydrogens (tertiary/aromatic N) is 1. The zero-order valence-corrected chi connectivity index (χ0v) is 13.3. The summed E-state index contributed by atoms with van der Waals surface area (Å²) in [5, 5.41) is 3.31. The minimum absolute atomic E-state index is 0.110. The maximum Gasteiger partial charge on any atom is 0.410 e. The molecule has 1 spiro atoms. The topological polar surface area (TPSA) is 75.7 Å². The van der Waals surface area contributed by atoms with Crippen LogP contribution in [-0.4, -0.2) is 61.7 Å². The van der Waals surface area contributed by atoms with E-state index in [1.54, 1.807) is 4.90 Å². The second-order valence-corrected chi connectivity index (χ2v) is 8.99. The highest BCUT2D eigenvalue weighted by Gasteiger charge is 2.43. The minimum atomic E-state index is -3.02. The lowest BCUT2D eigenvalue weighted by Gasteiger charge is -2.45. The summed E-state index contributed by atoms with van der Waals surface area (Å²) in [6.07, 6.45) is 1.07. The SMILES string of the molecule is CC(C)(C)OC(=O)N1CCNC2(CCCS(=O)(=O)C2)C1. The van der Waals surface area contributed by atoms with Crippen LogP contribution >= 0.6 is 0 Å². The quantitative estimate of drug-likeness (QED) is 0.715. The molecule has 1 amide bonds. The molecular weight excluding hydrogens is 280 g/mol. The highest BCUT2D eigenvalue weighted by molar-refractivity contribution is 7.91. The number of amides is 1. The first-order chi connectivity index (χ1) is 9.11. The van der Waals surface area contributed by atoms with Gasteiger partial charge in [0.1, 0.15) is 5.60 Å². The molecule has 6 nitrogen and oxygen atoms in total. The second-order valence-electron chi connectivity index (χ2n) is 6.80. The summed E-state index contributed by atoms with van der Waals surface area (Å²) >= 11 is 0. The van der Waals surface area contributed by atoms with E-state index in [-0.39, 0.29) is 17.6 Å². The molecule has 0 radical (unpaired) electrons. The molecule has 2 aliphatic rings. The van der Waals surface area contributed by atoms with Gasteiger partial charge in [-0.25, -0.2) is 13.2 Å². The van der Waals surface area contributed by atoms with Crippen molar-refractivity contribution in [2.75, 3.05) is 31.1 Å². The predicted octanol–water partition coefficient (Wildman–Crippen LogP) is 0.774. The Morgan fingerprint density at radius 1 is 1.35 bits per heavy atom. The van der Waals surface area contributed by atoms with Crippen LogP contribution in [0.5, 0.6) is 0 Å². The highest BCUT2D eigenvalue weighted by atomic mass is 32.2. The number of nitrogens with one attached hydrogen (secondary N) is 1. The van der Waals surface area contributed by atoms with E-state index in [9.17, 15) is 13.2 Å². The first-order valence-corrected chi connectivity index (χ1v) is 8.86. The molecule has 20 heavy (non-hydrogen) atoms. The number of carbonyl (C=O) groups is 1. The number of hydrogen-bond acceptors (Lipinski definition) is 5. The van der Waals surface area contributed by atoms with Crippen molar-refractivity contribution in [1.82, 2.24) is 10.2 Å². The van der Waals surface area contributed by atoms with E-state index < -0.39 is 21.0 Å². The number of hydrogen-bond donors (Lipinski definition) is 1. The molecule has 2 aliphatic heterocycles. The first-order valence-electron chi connectivity index (χ1n) is 7.04. The Balaban J connectivity index is 2.07. The van der Waals surface area contributed by atoms with Crippen molar-refractivity contribution < 1.29 is 17.9 Å². The molecule has 0 aromatic carbocycles. The molecule has 1 atom stereocenters. The van der Waals surface area contributed by atoms with Crippen molar-refractivity contribution in [2.45, 2.75) is 44.8 Å². The summed E-state index contributed by atoms with van der Waals surface area (Å²) in [6, 6.07) is 0. The van der Waals surface area contributed by atoms with Crippen molar-refractivity contribution in [3.8, 4) is 0 Å². The Morgan fingerprint density at radius 3 is 2.65 bits per heavy atom. The third-order valence-electron chi connectivity index (χ3n) is 3.63. The third-order valence-corrected chi connectivity index (χ3v) is 5.54. The van der Waals surface area contributed by atoms with Crippen LogP contribution in [0.3, 0.4) is 0 Å². The van der Waals surface area contributed by atoms with Gasteiger partial charge in [0, 0.05) is 19.6 Å². The van der Waals surface area contributed by atoms with E-state index >= 15 is 0 Å². The lowest BCUT2D eigenvalue weighted by Crippen LogP contribution is -2.66. The molecule has 2 saturated heterocycles. The zero-order chi connectivity index (χ0) is 15.0. The van der Waals surface area contributed by atoms with Gasteiger partial charge in [-0.3, -0.25) is 0 Å². The third kappa shape index (κ3) is 3.85. The Kier molecular flexibility index (Phi) is 4.03. The maximum absolute atomic E-state index is 12.1. The van der Waals surface area contributed by atoms with Gasteiger partial charge >= 0.3 is 6.09 Å². The van der Waals surface area contributed by atoms with Crippen LogP contribution in [0.4, 0.5) is 4.79 Å². The molecule has 2 rings (SSSR count). The molecule has 1 unspecified atom stereocenters. The van der Waals surface area contributed by atoms with Crippen LogP contribution in [-0.2, 0) is 14.6 Å². The Bertz CT molecular complexity index is 479. The average molecular weight is 304 g/mol. The van der Waals surface area contributed by atoms with Crippen molar-refractivity contribution in [3.05, 3.63) is 0 Å². The van der Waals surface area contributed by atoms with Gasteiger partial charge in [-0.05, 0) is 33.6 Å². The Labute approximate surface area is 120 Å². The van der Waals surface area contributed by atoms with Crippen molar-refractivity contribution in [2.24, 2.45) is 0 Å². The lowest BCUT2D eigenvalue weighted by atomic mass is 9.93. The molecule has 116 valence electrons. The van der Waals surface area contributed by atoms with Crippen molar-refractivity contribution >= 4 is 15.9 Å². The monoisotopic (exact) mass is 304 g/mol. The highest BCUT2D eigenvalue weighted by Crippen LogP contribution is 2.26. The molecule has 0 saturated carbocycles. The molecule has 0 aliphatic carbocycles. The van der Waals surface area contributed by atoms with E-state index in [1.807, 2.05) is 20.8 Å². The largest absolute Gasteiger partial charge is 0.444 e. The number of piperazine rings is 1. The number of carbonyl (C=O) groups excluding carboxylic acids is 1. The van der Waals surface area contributed by atoms with E-state index in [2.05, 4.69) is 5.32 Å². The number of ether oxygens (including phenoxy) is 1. The molecular formula is C13H24N2O4S. The van der Waals surface area contributed by atoms with E-state index in [1.165, 1.54) is 0 Å². The fourth-order valence-corrected chi connectivity index (χ4v) is 4.81. The molecule has 2 heterocycles. The van der Waals surface area contributed by atoms with Gasteiger partial charge in [-0.15, -0.1) is 0 Å². The smallest absolute Gasteiger partial charge is 0.410 e. The van der Waals surface area contributed by atoms with Gasteiger partial charge in [-0.2, -0.15) is 0 Å². The molecule has 0 aromatic heterocycles. The van der Waals surface area contributed by atoms with Crippen LogP contribution in [0, 0.1) is 0 Å². The molecule has 1 N–H and O–H groups in total. The number of rotatable bonds is 0. The molecule has 2 fully saturated rings. The van der Waals surface area contributed by atoms with Crippen molar-refractivity contribution in [1.29, 1.82) is 0 Å². The Hall–Kier alpha value is -0.820. The minimum Gasteiger partial charge on any atom is -0.444 e. The lowest BCUT2D eigenvalue weighted by molar-refractivity contribution is 0.0128. The summed E-state index contributed by atoms with van der Waals surface area (Å²) in [6.45, 7) is 7.04. The number of sulfone groups is 1. The van der Waals surface area contributed by atoms with Gasteiger partial charge in [0.2, 0.25) is 0 Å². The van der Waals surface area contributed by atoms with Crippen molar-refractivity contribution in [3.63, 3.8) is 0 Å².